The molecule has 0 aromatic heterocycles. The van der Waals surface area contributed by atoms with E-state index in [0.717, 1.165) is 12.2 Å². The van der Waals surface area contributed by atoms with E-state index in [2.05, 4.69) is 5.32 Å². The summed E-state index contributed by atoms with van der Waals surface area (Å²) < 4.78 is 0. The van der Waals surface area contributed by atoms with Crippen molar-refractivity contribution < 1.29 is 5.11 Å². The largest absolute Gasteiger partial charge is 0.506 e. The van der Waals surface area contributed by atoms with E-state index < -0.39 is 0 Å². The molecule has 0 bridgehead atoms. The Hall–Kier alpha value is -1.12. The fourth-order valence-electron chi connectivity index (χ4n) is 0.872. The normalized spacial score (nSPS) is 18.0. The molecule has 0 atom stereocenters. The zero-order chi connectivity index (χ0) is 7.56. The van der Waals surface area contributed by atoms with Gasteiger partial charge in [0.2, 0.25) is 0 Å². The lowest BCUT2D eigenvalue weighted by Gasteiger charge is -2.19. The third-order valence-electron chi connectivity index (χ3n) is 1.47. The monoisotopic (exact) mass is 140 g/mol. The molecular weight excluding hydrogens is 128 g/mol. The standard InChI is InChI=1S/C7H12N2O/c1-8-6-5-9(2)4-3-7(6)10/h3,5,8,10H,4H2,1-2H3. The van der Waals surface area contributed by atoms with Gasteiger partial charge in [-0.15, -0.1) is 0 Å². The number of hydrogen-bond donors (Lipinski definition) is 2. The van der Waals surface area contributed by atoms with Crippen LogP contribution in [0.15, 0.2) is 23.7 Å². The molecule has 0 unspecified atom stereocenters. The van der Waals surface area contributed by atoms with E-state index in [0.29, 0.717) is 5.76 Å². The Morgan fingerprint density at radius 2 is 2.40 bits per heavy atom. The second kappa shape index (κ2) is 2.64. The Kier molecular flexibility index (Phi) is 1.85. The summed E-state index contributed by atoms with van der Waals surface area (Å²) in [7, 11) is 3.75. The first-order valence-corrected chi connectivity index (χ1v) is 3.23. The minimum atomic E-state index is 0.334. The number of aliphatic hydroxyl groups excluding tert-OH is 1. The zero-order valence-corrected chi connectivity index (χ0v) is 6.26. The number of likely N-dealkylation sites (N-methyl/N-ethyl adjacent to an activating group) is 2. The summed E-state index contributed by atoms with van der Waals surface area (Å²) >= 11 is 0. The SMILES string of the molecule is CNC1=CN(C)CC=C1O. The topological polar surface area (TPSA) is 35.5 Å². The number of nitrogens with one attached hydrogen (secondary N) is 1. The maximum absolute atomic E-state index is 9.19. The van der Waals surface area contributed by atoms with Crippen LogP contribution in [0.3, 0.4) is 0 Å². The Labute approximate surface area is 60.6 Å². The van der Waals surface area contributed by atoms with E-state index in [9.17, 15) is 5.11 Å². The van der Waals surface area contributed by atoms with Gasteiger partial charge in [-0.2, -0.15) is 0 Å². The molecule has 0 aromatic carbocycles. The quantitative estimate of drug-likeness (QED) is 0.554. The molecule has 0 amide bonds. The van der Waals surface area contributed by atoms with E-state index in [1.165, 1.54) is 0 Å². The lowest BCUT2D eigenvalue weighted by Crippen LogP contribution is -2.21. The Bertz CT molecular complexity index is 184. The average Bonchev–Trinajstić information content (AvgIpc) is 1.94. The van der Waals surface area contributed by atoms with Gasteiger partial charge in [-0.25, -0.2) is 0 Å². The van der Waals surface area contributed by atoms with Crippen LogP contribution in [-0.2, 0) is 0 Å². The summed E-state index contributed by atoms with van der Waals surface area (Å²) in [5, 5.41) is 12.1. The fraction of sp³-hybridized carbons (Fsp3) is 0.429. The summed E-state index contributed by atoms with van der Waals surface area (Å²) in [5.74, 6) is 0.334. The first-order chi connectivity index (χ1) is 4.74. The van der Waals surface area contributed by atoms with Crippen molar-refractivity contribution >= 4 is 0 Å². The lowest BCUT2D eigenvalue weighted by atomic mass is 10.3. The zero-order valence-electron chi connectivity index (χ0n) is 6.26. The van der Waals surface area contributed by atoms with Crippen molar-refractivity contribution in [2.75, 3.05) is 20.6 Å². The van der Waals surface area contributed by atoms with Crippen molar-refractivity contribution in [2.24, 2.45) is 0 Å². The summed E-state index contributed by atoms with van der Waals surface area (Å²) in [4.78, 5) is 1.99. The highest BCUT2D eigenvalue weighted by molar-refractivity contribution is 5.25. The Morgan fingerprint density at radius 3 is 2.90 bits per heavy atom. The predicted molar refractivity (Wildman–Crippen MR) is 40.5 cm³/mol. The smallest absolute Gasteiger partial charge is 0.137 e. The van der Waals surface area contributed by atoms with E-state index in [-0.39, 0.29) is 0 Å². The van der Waals surface area contributed by atoms with Crippen LogP contribution in [0.1, 0.15) is 0 Å². The van der Waals surface area contributed by atoms with Crippen LogP contribution in [0, 0.1) is 0 Å². The molecule has 3 heteroatoms. The highest BCUT2D eigenvalue weighted by atomic mass is 16.3. The van der Waals surface area contributed by atoms with E-state index >= 15 is 0 Å². The summed E-state index contributed by atoms with van der Waals surface area (Å²) in [6.45, 7) is 0.775. The number of aliphatic hydroxyl groups is 1. The summed E-state index contributed by atoms with van der Waals surface area (Å²) in [5.41, 5.74) is 0.772. The molecular formula is C7H12N2O. The van der Waals surface area contributed by atoms with Gasteiger partial charge >= 0.3 is 0 Å². The van der Waals surface area contributed by atoms with E-state index in [4.69, 9.17) is 0 Å². The molecule has 1 heterocycles. The number of nitrogens with zero attached hydrogens (tertiary/aromatic N) is 1. The van der Waals surface area contributed by atoms with Crippen LogP contribution in [0.2, 0.25) is 0 Å². The van der Waals surface area contributed by atoms with Gasteiger partial charge in [-0.05, 0) is 6.08 Å². The molecule has 2 N–H and O–H groups in total. The van der Waals surface area contributed by atoms with Gasteiger partial charge in [0, 0.05) is 26.8 Å². The number of hydrogen-bond acceptors (Lipinski definition) is 3. The molecule has 1 aliphatic rings. The highest BCUT2D eigenvalue weighted by Crippen LogP contribution is 2.08. The maximum Gasteiger partial charge on any atom is 0.137 e. The van der Waals surface area contributed by atoms with Crippen LogP contribution in [0.25, 0.3) is 0 Å². The maximum atomic E-state index is 9.19. The minimum Gasteiger partial charge on any atom is -0.506 e. The molecule has 0 spiro atoms. The molecule has 0 fully saturated rings. The molecule has 0 radical (unpaired) electrons. The van der Waals surface area contributed by atoms with Gasteiger partial charge in [0.05, 0.1) is 5.70 Å². The first-order valence-electron chi connectivity index (χ1n) is 3.23. The van der Waals surface area contributed by atoms with Gasteiger partial charge in [-0.3, -0.25) is 0 Å². The minimum absolute atomic E-state index is 0.334. The lowest BCUT2D eigenvalue weighted by molar-refractivity contribution is 0.385. The second-order valence-electron chi connectivity index (χ2n) is 2.32. The average molecular weight is 140 g/mol. The van der Waals surface area contributed by atoms with Crippen LogP contribution in [-0.4, -0.2) is 30.6 Å². The van der Waals surface area contributed by atoms with Crippen LogP contribution < -0.4 is 5.32 Å². The molecule has 3 nitrogen and oxygen atoms in total. The van der Waals surface area contributed by atoms with Crippen LogP contribution in [0.5, 0.6) is 0 Å². The molecule has 0 saturated heterocycles. The molecule has 0 aliphatic carbocycles. The molecule has 1 rings (SSSR count). The van der Waals surface area contributed by atoms with Gasteiger partial charge in [0.25, 0.3) is 0 Å². The van der Waals surface area contributed by atoms with Gasteiger partial charge in [0.15, 0.2) is 0 Å². The van der Waals surface area contributed by atoms with E-state index in [1.807, 2.05) is 18.1 Å². The summed E-state index contributed by atoms with van der Waals surface area (Å²) in [6, 6.07) is 0. The predicted octanol–water partition coefficient (Wildman–Crippen LogP) is 0.434. The van der Waals surface area contributed by atoms with Crippen molar-refractivity contribution in [3.05, 3.63) is 23.7 Å². The van der Waals surface area contributed by atoms with Crippen molar-refractivity contribution in [1.82, 2.24) is 10.2 Å². The van der Waals surface area contributed by atoms with Gasteiger partial charge < -0.3 is 15.3 Å². The van der Waals surface area contributed by atoms with Gasteiger partial charge in [-0.1, -0.05) is 0 Å². The highest BCUT2D eigenvalue weighted by Gasteiger charge is 2.06. The second-order valence-corrected chi connectivity index (χ2v) is 2.32. The fourth-order valence-corrected chi connectivity index (χ4v) is 0.872. The third kappa shape index (κ3) is 1.23. The third-order valence-corrected chi connectivity index (χ3v) is 1.47. The molecule has 56 valence electrons. The molecule has 0 saturated carbocycles. The Morgan fingerprint density at radius 1 is 1.70 bits per heavy atom. The molecule has 1 aliphatic heterocycles. The van der Waals surface area contributed by atoms with Crippen LogP contribution in [0.4, 0.5) is 0 Å². The molecule has 0 aromatic rings. The first kappa shape index (κ1) is 6.99. The number of rotatable bonds is 1. The molecule has 10 heavy (non-hydrogen) atoms. The van der Waals surface area contributed by atoms with Crippen molar-refractivity contribution in [3.63, 3.8) is 0 Å². The van der Waals surface area contributed by atoms with E-state index in [1.54, 1.807) is 13.1 Å². The van der Waals surface area contributed by atoms with Crippen LogP contribution >= 0.6 is 0 Å². The Balaban J connectivity index is 2.74. The van der Waals surface area contributed by atoms with Gasteiger partial charge in [0.1, 0.15) is 5.76 Å². The summed E-state index contributed by atoms with van der Waals surface area (Å²) in [6.07, 6.45) is 3.64. The van der Waals surface area contributed by atoms with Crippen molar-refractivity contribution in [2.45, 2.75) is 0 Å². The van der Waals surface area contributed by atoms with Crippen molar-refractivity contribution in [1.29, 1.82) is 0 Å². The van der Waals surface area contributed by atoms with Crippen molar-refractivity contribution in [3.8, 4) is 0 Å².